The summed E-state index contributed by atoms with van der Waals surface area (Å²) in [5.74, 6) is 0.350. The van der Waals surface area contributed by atoms with E-state index in [1.807, 2.05) is 35.8 Å². The van der Waals surface area contributed by atoms with Gasteiger partial charge in [-0.2, -0.15) is 0 Å². The van der Waals surface area contributed by atoms with Gasteiger partial charge in [0.15, 0.2) is 0 Å². The number of carbonyl (C=O) groups excluding carboxylic acids is 2. The van der Waals surface area contributed by atoms with Crippen LogP contribution in [0.1, 0.15) is 24.1 Å². The van der Waals surface area contributed by atoms with Gasteiger partial charge in [-0.25, -0.2) is 9.78 Å². The van der Waals surface area contributed by atoms with Gasteiger partial charge in [-0.05, 0) is 37.3 Å². The number of urea groups is 1. The SMILES string of the molecule is Cc1ccccc1NC(=O)N1Cc2cncn2CC(C(=O)NCC2CC2)C1. The minimum absolute atomic E-state index is 0.0112. The highest BCUT2D eigenvalue weighted by Crippen LogP contribution is 2.28. The van der Waals surface area contributed by atoms with Gasteiger partial charge in [0.05, 0.1) is 24.5 Å². The zero-order chi connectivity index (χ0) is 18.8. The normalized spacial score (nSPS) is 19.1. The molecule has 0 bridgehead atoms. The number of para-hydroxylation sites is 1. The van der Waals surface area contributed by atoms with Crippen LogP contribution in [0.25, 0.3) is 0 Å². The minimum atomic E-state index is -0.290. The van der Waals surface area contributed by atoms with Gasteiger partial charge >= 0.3 is 6.03 Å². The maximum Gasteiger partial charge on any atom is 0.322 e. The molecular weight excluding hydrogens is 342 g/mol. The number of hydrogen-bond acceptors (Lipinski definition) is 3. The van der Waals surface area contributed by atoms with E-state index >= 15 is 0 Å². The first-order chi connectivity index (χ1) is 13.1. The van der Waals surface area contributed by atoms with Crippen molar-refractivity contribution in [2.75, 3.05) is 18.4 Å². The first-order valence-electron chi connectivity index (χ1n) is 9.48. The number of benzene rings is 1. The molecule has 1 aromatic carbocycles. The van der Waals surface area contributed by atoms with Crippen molar-refractivity contribution in [3.05, 3.63) is 48.0 Å². The van der Waals surface area contributed by atoms with E-state index in [1.165, 1.54) is 12.8 Å². The third-order valence-electron chi connectivity index (χ3n) is 5.32. The van der Waals surface area contributed by atoms with Crippen molar-refractivity contribution in [3.8, 4) is 0 Å². The lowest BCUT2D eigenvalue weighted by Crippen LogP contribution is -2.43. The predicted molar refractivity (Wildman–Crippen MR) is 102 cm³/mol. The zero-order valence-corrected chi connectivity index (χ0v) is 15.5. The average molecular weight is 367 g/mol. The Labute approximate surface area is 158 Å². The zero-order valence-electron chi connectivity index (χ0n) is 15.5. The number of rotatable bonds is 4. The molecule has 7 nitrogen and oxygen atoms in total. The van der Waals surface area contributed by atoms with Crippen LogP contribution in [0, 0.1) is 18.8 Å². The van der Waals surface area contributed by atoms with Gasteiger partial charge in [-0.1, -0.05) is 18.2 Å². The molecule has 1 aliphatic carbocycles. The second-order valence-corrected chi connectivity index (χ2v) is 7.55. The fourth-order valence-corrected chi connectivity index (χ4v) is 3.40. The molecule has 7 heteroatoms. The average Bonchev–Trinajstić information content (AvgIpc) is 3.43. The third-order valence-corrected chi connectivity index (χ3v) is 5.32. The molecule has 2 aliphatic rings. The molecule has 1 aromatic heterocycles. The number of nitrogens with zero attached hydrogens (tertiary/aromatic N) is 3. The Balaban J connectivity index is 1.49. The summed E-state index contributed by atoms with van der Waals surface area (Å²) >= 11 is 0. The van der Waals surface area contributed by atoms with Crippen LogP contribution >= 0.6 is 0 Å². The van der Waals surface area contributed by atoms with E-state index in [9.17, 15) is 9.59 Å². The molecule has 2 heterocycles. The van der Waals surface area contributed by atoms with Crippen LogP contribution in [0.15, 0.2) is 36.8 Å². The standard InChI is InChI=1S/C20H25N5O2/c1-14-4-2-3-5-18(14)23-20(27)24-10-16(19(26)22-8-15-6-7-15)11-25-13-21-9-17(25)12-24/h2-5,9,13,15-16H,6-8,10-12H2,1H3,(H,22,26)(H,23,27). The molecule has 1 unspecified atom stereocenters. The molecule has 1 fully saturated rings. The third kappa shape index (κ3) is 4.13. The molecule has 2 N–H and O–H groups in total. The second kappa shape index (κ2) is 7.42. The van der Waals surface area contributed by atoms with Gasteiger partial charge in [-0.15, -0.1) is 0 Å². The van der Waals surface area contributed by atoms with Crippen molar-refractivity contribution in [2.45, 2.75) is 32.9 Å². The van der Waals surface area contributed by atoms with Crippen molar-refractivity contribution in [1.82, 2.24) is 19.8 Å². The molecule has 0 saturated heterocycles. The number of imidazole rings is 1. The second-order valence-electron chi connectivity index (χ2n) is 7.55. The van der Waals surface area contributed by atoms with Crippen molar-refractivity contribution in [1.29, 1.82) is 0 Å². The molecule has 0 spiro atoms. The molecular formula is C20H25N5O2. The van der Waals surface area contributed by atoms with E-state index < -0.39 is 0 Å². The quantitative estimate of drug-likeness (QED) is 0.871. The van der Waals surface area contributed by atoms with Crippen LogP contribution in [0.3, 0.4) is 0 Å². The molecule has 142 valence electrons. The van der Waals surface area contributed by atoms with Crippen LogP contribution < -0.4 is 10.6 Å². The lowest BCUT2D eigenvalue weighted by Gasteiger charge is -2.24. The first kappa shape index (κ1) is 17.6. The number of nitrogens with one attached hydrogen (secondary N) is 2. The molecule has 4 rings (SSSR count). The van der Waals surface area contributed by atoms with Gasteiger partial charge in [-0.3, -0.25) is 4.79 Å². The Bertz CT molecular complexity index is 842. The largest absolute Gasteiger partial charge is 0.355 e. The molecule has 1 aliphatic heterocycles. The number of amides is 3. The van der Waals surface area contributed by atoms with Gasteiger partial charge in [0.2, 0.25) is 5.91 Å². The van der Waals surface area contributed by atoms with Crippen LogP contribution in [-0.4, -0.2) is 39.5 Å². The Morgan fingerprint density at radius 1 is 1.22 bits per heavy atom. The maximum atomic E-state index is 12.9. The van der Waals surface area contributed by atoms with Gasteiger partial charge in [0.1, 0.15) is 0 Å². The first-order valence-corrected chi connectivity index (χ1v) is 9.48. The van der Waals surface area contributed by atoms with Crippen molar-refractivity contribution >= 4 is 17.6 Å². The minimum Gasteiger partial charge on any atom is -0.355 e. The Hall–Kier alpha value is -2.83. The topological polar surface area (TPSA) is 79.3 Å². The summed E-state index contributed by atoms with van der Waals surface area (Å²) in [6, 6.07) is 7.49. The van der Waals surface area contributed by atoms with E-state index in [4.69, 9.17) is 0 Å². The maximum absolute atomic E-state index is 12.9. The summed E-state index contributed by atoms with van der Waals surface area (Å²) in [5.41, 5.74) is 2.73. The monoisotopic (exact) mass is 367 g/mol. The highest BCUT2D eigenvalue weighted by molar-refractivity contribution is 5.90. The summed E-state index contributed by atoms with van der Waals surface area (Å²) in [5, 5.41) is 6.03. The molecule has 1 saturated carbocycles. The van der Waals surface area contributed by atoms with Gasteiger partial charge in [0, 0.05) is 31.5 Å². The van der Waals surface area contributed by atoms with E-state index in [-0.39, 0.29) is 17.9 Å². The summed E-state index contributed by atoms with van der Waals surface area (Å²) < 4.78 is 1.97. The Morgan fingerprint density at radius 3 is 2.81 bits per heavy atom. The molecule has 27 heavy (non-hydrogen) atoms. The number of aromatic nitrogens is 2. The van der Waals surface area contributed by atoms with E-state index in [0.717, 1.165) is 23.5 Å². The van der Waals surface area contributed by atoms with Gasteiger partial charge in [0.25, 0.3) is 0 Å². The predicted octanol–water partition coefficient (Wildman–Crippen LogP) is 2.38. The van der Waals surface area contributed by atoms with Crippen molar-refractivity contribution in [3.63, 3.8) is 0 Å². The molecule has 1 atom stereocenters. The number of aryl methyl sites for hydroxylation is 1. The number of fused-ring (bicyclic) bond motifs is 1. The fourth-order valence-electron chi connectivity index (χ4n) is 3.40. The summed E-state index contributed by atoms with van der Waals surface area (Å²) in [6.07, 6.45) is 5.89. The van der Waals surface area contributed by atoms with Crippen molar-refractivity contribution < 1.29 is 9.59 Å². The summed E-state index contributed by atoms with van der Waals surface area (Å²) in [4.78, 5) is 31.5. The molecule has 3 amide bonds. The number of hydrogen-bond donors (Lipinski definition) is 2. The fraction of sp³-hybridized carbons (Fsp3) is 0.450. The van der Waals surface area contributed by atoms with Gasteiger partial charge < -0.3 is 20.1 Å². The molecule has 2 aromatic rings. The van der Waals surface area contributed by atoms with E-state index in [0.29, 0.717) is 25.6 Å². The van der Waals surface area contributed by atoms with Crippen LogP contribution in [-0.2, 0) is 17.9 Å². The van der Waals surface area contributed by atoms with Crippen LogP contribution in [0.4, 0.5) is 10.5 Å². The van der Waals surface area contributed by atoms with E-state index in [2.05, 4.69) is 15.6 Å². The lowest BCUT2D eigenvalue weighted by molar-refractivity contribution is -0.125. The summed E-state index contributed by atoms with van der Waals surface area (Å²) in [7, 11) is 0. The van der Waals surface area contributed by atoms with Crippen molar-refractivity contribution in [2.24, 2.45) is 11.8 Å². The highest BCUT2D eigenvalue weighted by Gasteiger charge is 2.31. The number of carbonyl (C=O) groups is 2. The summed E-state index contributed by atoms with van der Waals surface area (Å²) in [6.45, 7) is 4.06. The molecule has 0 radical (unpaired) electrons. The Morgan fingerprint density at radius 2 is 2.04 bits per heavy atom. The highest BCUT2D eigenvalue weighted by atomic mass is 16.2. The van der Waals surface area contributed by atoms with E-state index in [1.54, 1.807) is 17.4 Å². The van der Waals surface area contributed by atoms with Crippen LogP contribution in [0.2, 0.25) is 0 Å². The van der Waals surface area contributed by atoms with Crippen LogP contribution in [0.5, 0.6) is 0 Å². The Kier molecular flexibility index (Phi) is 4.83. The smallest absolute Gasteiger partial charge is 0.322 e. The lowest BCUT2D eigenvalue weighted by atomic mass is 10.1. The number of anilines is 1.